The van der Waals surface area contributed by atoms with Crippen LogP contribution in [0.25, 0.3) is 11.3 Å². The highest BCUT2D eigenvalue weighted by molar-refractivity contribution is 7.14. The maximum Gasteiger partial charge on any atom is 0.257 e. The summed E-state index contributed by atoms with van der Waals surface area (Å²) in [6.45, 7) is 0. The average molecular weight is 442 g/mol. The molecule has 0 aliphatic heterocycles. The van der Waals surface area contributed by atoms with E-state index in [4.69, 9.17) is 23.2 Å². The zero-order valence-corrected chi connectivity index (χ0v) is 17.1. The second-order valence-electron chi connectivity index (χ2n) is 5.89. The number of hydrogen-bond acceptors (Lipinski definition) is 6. The second kappa shape index (κ2) is 8.57. The Kier molecular flexibility index (Phi) is 5.71. The molecule has 0 aliphatic carbocycles. The van der Waals surface area contributed by atoms with Crippen LogP contribution in [-0.4, -0.2) is 20.9 Å². The van der Waals surface area contributed by atoms with Crippen molar-refractivity contribution in [1.82, 2.24) is 15.0 Å². The Balaban J connectivity index is 1.44. The summed E-state index contributed by atoms with van der Waals surface area (Å²) in [5, 5.41) is 9.13. The molecular weight excluding hydrogens is 429 g/mol. The molecule has 0 fully saturated rings. The summed E-state index contributed by atoms with van der Waals surface area (Å²) in [6.07, 6.45) is 3.11. The quantitative estimate of drug-likeness (QED) is 0.402. The van der Waals surface area contributed by atoms with Crippen molar-refractivity contribution in [3.8, 4) is 11.3 Å². The van der Waals surface area contributed by atoms with Crippen molar-refractivity contribution in [2.75, 3.05) is 10.6 Å². The van der Waals surface area contributed by atoms with Crippen LogP contribution in [0, 0.1) is 0 Å². The van der Waals surface area contributed by atoms with Gasteiger partial charge in [0, 0.05) is 28.4 Å². The summed E-state index contributed by atoms with van der Waals surface area (Å²) >= 11 is 13.6. The number of nitrogens with zero attached hydrogens (tertiary/aromatic N) is 3. The minimum absolute atomic E-state index is 0.253. The molecule has 9 heteroatoms. The number of carbonyl (C=O) groups is 1. The van der Waals surface area contributed by atoms with Gasteiger partial charge >= 0.3 is 0 Å². The van der Waals surface area contributed by atoms with Crippen molar-refractivity contribution in [2.24, 2.45) is 0 Å². The molecule has 2 aromatic carbocycles. The smallest absolute Gasteiger partial charge is 0.257 e. The maximum atomic E-state index is 12.5. The van der Waals surface area contributed by atoms with E-state index < -0.39 is 0 Å². The van der Waals surface area contributed by atoms with Gasteiger partial charge in [0.1, 0.15) is 12.1 Å². The largest absolute Gasteiger partial charge is 0.340 e. The van der Waals surface area contributed by atoms with Crippen LogP contribution >= 0.6 is 34.5 Å². The topological polar surface area (TPSA) is 79.8 Å². The Labute approximate surface area is 180 Å². The van der Waals surface area contributed by atoms with E-state index >= 15 is 0 Å². The molecule has 0 bridgehead atoms. The number of benzene rings is 2. The van der Waals surface area contributed by atoms with Crippen LogP contribution in [0.1, 0.15) is 10.4 Å². The number of nitrogens with one attached hydrogen (secondary N) is 2. The van der Waals surface area contributed by atoms with Gasteiger partial charge in [0.05, 0.1) is 15.7 Å². The first kappa shape index (κ1) is 19.3. The molecule has 0 atom stereocenters. The lowest BCUT2D eigenvalue weighted by atomic mass is 10.2. The van der Waals surface area contributed by atoms with Crippen LogP contribution in [0.15, 0.2) is 66.4 Å². The van der Waals surface area contributed by atoms with Gasteiger partial charge in [0.15, 0.2) is 5.13 Å². The standard InChI is InChI=1S/C20H13Cl2N5OS/c21-15-3-1-2-14(18(15)22)16-10-29-20(26-16)27-19(28)12-4-6-13(7-5-12)25-17-8-9-23-11-24-17/h1-11H,(H,23,24,25)(H,26,27,28). The summed E-state index contributed by atoms with van der Waals surface area (Å²) in [5.41, 5.74) is 2.70. The summed E-state index contributed by atoms with van der Waals surface area (Å²) in [4.78, 5) is 24.9. The third-order valence-electron chi connectivity index (χ3n) is 3.95. The zero-order chi connectivity index (χ0) is 20.2. The SMILES string of the molecule is O=C(Nc1nc(-c2cccc(Cl)c2Cl)cs1)c1ccc(Nc2ccncn2)cc1. The van der Waals surface area contributed by atoms with Gasteiger partial charge in [-0.1, -0.05) is 35.3 Å². The summed E-state index contributed by atoms with van der Waals surface area (Å²) in [7, 11) is 0. The fourth-order valence-electron chi connectivity index (χ4n) is 2.54. The Morgan fingerprint density at radius 1 is 1.03 bits per heavy atom. The first-order valence-electron chi connectivity index (χ1n) is 8.44. The van der Waals surface area contributed by atoms with Gasteiger partial charge in [-0.15, -0.1) is 11.3 Å². The molecule has 6 nitrogen and oxygen atoms in total. The van der Waals surface area contributed by atoms with E-state index in [0.717, 1.165) is 11.3 Å². The molecule has 4 aromatic rings. The summed E-state index contributed by atoms with van der Waals surface area (Å²) in [6, 6.07) is 14.2. The Morgan fingerprint density at radius 3 is 2.62 bits per heavy atom. The number of hydrogen-bond donors (Lipinski definition) is 2. The van der Waals surface area contributed by atoms with E-state index in [9.17, 15) is 4.79 Å². The number of aromatic nitrogens is 3. The van der Waals surface area contributed by atoms with Crippen LogP contribution in [0.4, 0.5) is 16.6 Å². The van der Waals surface area contributed by atoms with E-state index in [1.54, 1.807) is 48.7 Å². The minimum atomic E-state index is -0.253. The first-order valence-corrected chi connectivity index (χ1v) is 10.1. The van der Waals surface area contributed by atoms with Gasteiger partial charge in [-0.25, -0.2) is 15.0 Å². The second-order valence-corrected chi connectivity index (χ2v) is 7.53. The van der Waals surface area contributed by atoms with Gasteiger partial charge in [0.25, 0.3) is 5.91 Å². The van der Waals surface area contributed by atoms with E-state index in [0.29, 0.717) is 32.3 Å². The lowest BCUT2D eigenvalue weighted by molar-refractivity contribution is 0.102. The molecule has 1 amide bonds. The highest BCUT2D eigenvalue weighted by Gasteiger charge is 2.13. The molecule has 0 radical (unpaired) electrons. The predicted octanol–water partition coefficient (Wildman–Crippen LogP) is 5.90. The molecule has 0 saturated carbocycles. The zero-order valence-electron chi connectivity index (χ0n) is 14.8. The van der Waals surface area contributed by atoms with Crippen LogP contribution in [-0.2, 0) is 0 Å². The molecule has 0 saturated heterocycles. The molecule has 2 aromatic heterocycles. The van der Waals surface area contributed by atoms with Crippen LogP contribution < -0.4 is 10.6 Å². The Morgan fingerprint density at radius 2 is 1.86 bits per heavy atom. The molecule has 0 spiro atoms. The van der Waals surface area contributed by atoms with E-state index in [-0.39, 0.29) is 5.91 Å². The Bertz CT molecular complexity index is 1150. The van der Waals surface area contributed by atoms with Crippen LogP contribution in [0.5, 0.6) is 0 Å². The fourth-order valence-corrected chi connectivity index (χ4v) is 3.65. The molecule has 0 aliphatic rings. The molecule has 144 valence electrons. The van der Waals surface area contributed by atoms with Gasteiger partial charge < -0.3 is 5.32 Å². The molecule has 2 heterocycles. The third kappa shape index (κ3) is 4.54. The van der Waals surface area contributed by atoms with Crippen molar-refractivity contribution in [3.63, 3.8) is 0 Å². The predicted molar refractivity (Wildman–Crippen MR) is 117 cm³/mol. The number of carbonyl (C=O) groups excluding carboxylic acids is 1. The number of amides is 1. The van der Waals surface area contributed by atoms with Gasteiger partial charge in [0.2, 0.25) is 0 Å². The van der Waals surface area contributed by atoms with Crippen molar-refractivity contribution in [2.45, 2.75) is 0 Å². The lowest BCUT2D eigenvalue weighted by Crippen LogP contribution is -2.11. The molecule has 2 N–H and O–H groups in total. The average Bonchev–Trinajstić information content (AvgIpc) is 3.19. The van der Waals surface area contributed by atoms with Crippen molar-refractivity contribution in [3.05, 3.63) is 82.0 Å². The molecule has 4 rings (SSSR count). The van der Waals surface area contributed by atoms with E-state index in [2.05, 4.69) is 25.6 Å². The molecule has 29 heavy (non-hydrogen) atoms. The fraction of sp³-hybridized carbons (Fsp3) is 0. The van der Waals surface area contributed by atoms with E-state index in [1.165, 1.54) is 17.7 Å². The minimum Gasteiger partial charge on any atom is -0.340 e. The number of rotatable bonds is 5. The van der Waals surface area contributed by atoms with Crippen molar-refractivity contribution in [1.29, 1.82) is 0 Å². The van der Waals surface area contributed by atoms with Crippen molar-refractivity contribution < 1.29 is 4.79 Å². The van der Waals surface area contributed by atoms with Crippen molar-refractivity contribution >= 4 is 57.1 Å². The third-order valence-corrected chi connectivity index (χ3v) is 5.53. The highest BCUT2D eigenvalue weighted by Crippen LogP contribution is 2.34. The van der Waals surface area contributed by atoms with Gasteiger partial charge in [-0.2, -0.15) is 0 Å². The molecule has 0 unspecified atom stereocenters. The van der Waals surface area contributed by atoms with Crippen LogP contribution in [0.3, 0.4) is 0 Å². The number of halogens is 2. The van der Waals surface area contributed by atoms with Gasteiger partial charge in [-0.3, -0.25) is 10.1 Å². The number of thiazole rings is 1. The lowest BCUT2D eigenvalue weighted by Gasteiger charge is -2.06. The summed E-state index contributed by atoms with van der Waals surface area (Å²) < 4.78 is 0. The van der Waals surface area contributed by atoms with Gasteiger partial charge in [-0.05, 0) is 36.4 Å². The normalized spacial score (nSPS) is 10.6. The number of anilines is 3. The maximum absolute atomic E-state index is 12.5. The monoisotopic (exact) mass is 441 g/mol. The first-order chi connectivity index (χ1) is 14.1. The molecular formula is C20H13Cl2N5OS. The van der Waals surface area contributed by atoms with Crippen LogP contribution in [0.2, 0.25) is 10.0 Å². The highest BCUT2D eigenvalue weighted by atomic mass is 35.5. The van der Waals surface area contributed by atoms with E-state index in [1.807, 2.05) is 11.4 Å². The Hall–Kier alpha value is -3.00. The summed E-state index contributed by atoms with van der Waals surface area (Å²) in [5.74, 6) is 0.420.